The molecule has 3 N–H and O–H groups in total. The second kappa shape index (κ2) is 6.61. The summed E-state index contributed by atoms with van der Waals surface area (Å²) in [5, 5.41) is 2.85. The number of carbonyl (C=O) groups excluding carboxylic acids is 1. The molecule has 112 valence electrons. The van der Waals surface area contributed by atoms with Crippen molar-refractivity contribution in [2.24, 2.45) is 5.73 Å². The smallest absolute Gasteiger partial charge is 0.236 e. The highest BCUT2D eigenvalue weighted by molar-refractivity contribution is 5.81. The van der Waals surface area contributed by atoms with Crippen LogP contribution in [-0.2, 0) is 10.2 Å². The molecule has 1 aromatic carbocycles. The number of amides is 1. The first-order valence-corrected chi connectivity index (χ1v) is 6.57. The molecular formula is C15H24N2O3. The van der Waals surface area contributed by atoms with Crippen LogP contribution in [0.1, 0.15) is 26.3 Å². The topological polar surface area (TPSA) is 73.6 Å². The minimum atomic E-state index is -0.504. The fourth-order valence-electron chi connectivity index (χ4n) is 1.83. The highest BCUT2D eigenvalue weighted by Crippen LogP contribution is 2.32. The lowest BCUT2D eigenvalue weighted by Crippen LogP contribution is -2.43. The Hall–Kier alpha value is -1.75. The molecule has 0 unspecified atom stereocenters. The van der Waals surface area contributed by atoms with Crippen molar-refractivity contribution >= 4 is 5.91 Å². The number of hydrogen-bond donors (Lipinski definition) is 2. The van der Waals surface area contributed by atoms with Crippen molar-refractivity contribution in [3.05, 3.63) is 23.8 Å². The van der Waals surface area contributed by atoms with Gasteiger partial charge in [0.15, 0.2) is 11.5 Å². The third-order valence-corrected chi connectivity index (χ3v) is 3.28. The number of benzene rings is 1. The van der Waals surface area contributed by atoms with Gasteiger partial charge in [0, 0.05) is 12.0 Å². The van der Waals surface area contributed by atoms with E-state index in [4.69, 9.17) is 15.2 Å². The molecule has 5 heteroatoms. The van der Waals surface area contributed by atoms with Gasteiger partial charge in [-0.3, -0.25) is 4.79 Å². The molecule has 0 saturated heterocycles. The number of carbonyl (C=O) groups is 1. The van der Waals surface area contributed by atoms with Crippen molar-refractivity contribution in [2.75, 3.05) is 20.8 Å². The SMILES string of the molecule is COc1ccc(C(C)(C)CNC(=O)[C@H](C)N)cc1OC. The Morgan fingerprint density at radius 2 is 1.90 bits per heavy atom. The molecule has 0 spiro atoms. The number of rotatable bonds is 6. The highest BCUT2D eigenvalue weighted by atomic mass is 16.5. The third-order valence-electron chi connectivity index (χ3n) is 3.28. The molecule has 0 aliphatic rings. The van der Waals surface area contributed by atoms with E-state index in [9.17, 15) is 4.79 Å². The minimum absolute atomic E-state index is 0.154. The molecule has 0 bridgehead atoms. The Bertz CT molecular complexity index is 470. The summed E-state index contributed by atoms with van der Waals surface area (Å²) in [4.78, 5) is 11.6. The Labute approximate surface area is 120 Å². The van der Waals surface area contributed by atoms with Gasteiger partial charge in [-0.1, -0.05) is 19.9 Å². The zero-order valence-corrected chi connectivity index (χ0v) is 12.8. The first kappa shape index (κ1) is 16.3. The van der Waals surface area contributed by atoms with Gasteiger partial charge in [-0.15, -0.1) is 0 Å². The van der Waals surface area contributed by atoms with Crippen molar-refractivity contribution in [1.29, 1.82) is 0 Å². The lowest BCUT2D eigenvalue weighted by Gasteiger charge is -2.27. The van der Waals surface area contributed by atoms with Crippen LogP contribution < -0.4 is 20.5 Å². The first-order valence-electron chi connectivity index (χ1n) is 6.57. The van der Waals surface area contributed by atoms with Crippen molar-refractivity contribution in [2.45, 2.75) is 32.2 Å². The molecule has 0 aliphatic carbocycles. The first-order chi connectivity index (χ1) is 9.31. The summed E-state index contributed by atoms with van der Waals surface area (Å²) in [5.41, 5.74) is 6.36. The fourth-order valence-corrected chi connectivity index (χ4v) is 1.83. The second-order valence-electron chi connectivity index (χ2n) is 5.46. The van der Waals surface area contributed by atoms with E-state index in [2.05, 4.69) is 19.2 Å². The zero-order chi connectivity index (χ0) is 15.3. The molecule has 1 rings (SSSR count). The molecule has 0 aliphatic heterocycles. The predicted molar refractivity (Wildman–Crippen MR) is 79.2 cm³/mol. The normalized spacial score (nSPS) is 12.7. The molecule has 20 heavy (non-hydrogen) atoms. The maximum Gasteiger partial charge on any atom is 0.236 e. The van der Waals surface area contributed by atoms with Crippen LogP contribution in [0.25, 0.3) is 0 Å². The average Bonchev–Trinajstić information content (AvgIpc) is 2.43. The maximum atomic E-state index is 11.6. The number of nitrogens with two attached hydrogens (primary N) is 1. The van der Waals surface area contributed by atoms with Crippen molar-refractivity contribution < 1.29 is 14.3 Å². The van der Waals surface area contributed by atoms with E-state index in [0.717, 1.165) is 5.56 Å². The van der Waals surface area contributed by atoms with E-state index in [1.165, 1.54) is 0 Å². The van der Waals surface area contributed by atoms with Crippen molar-refractivity contribution in [3.8, 4) is 11.5 Å². The summed E-state index contributed by atoms with van der Waals surface area (Å²) in [6, 6.07) is 5.26. The lowest BCUT2D eigenvalue weighted by atomic mass is 9.84. The van der Waals surface area contributed by atoms with Crippen LogP contribution in [0.15, 0.2) is 18.2 Å². The molecule has 0 heterocycles. The standard InChI is InChI=1S/C15H24N2O3/c1-10(16)14(18)17-9-15(2,3)11-6-7-12(19-4)13(8-11)20-5/h6-8,10H,9,16H2,1-5H3,(H,17,18)/t10-/m0/s1. The van der Waals surface area contributed by atoms with Crippen LogP contribution in [0.2, 0.25) is 0 Å². The fraction of sp³-hybridized carbons (Fsp3) is 0.533. The molecule has 0 saturated carbocycles. The van der Waals surface area contributed by atoms with Gasteiger partial charge in [0.1, 0.15) is 0 Å². The van der Waals surface area contributed by atoms with Crippen LogP contribution in [0.4, 0.5) is 0 Å². The Kier molecular flexibility index (Phi) is 5.39. The molecule has 1 atom stereocenters. The number of methoxy groups -OCH3 is 2. The average molecular weight is 280 g/mol. The Balaban J connectivity index is 2.89. The van der Waals surface area contributed by atoms with Gasteiger partial charge in [0.05, 0.1) is 20.3 Å². The van der Waals surface area contributed by atoms with Gasteiger partial charge in [-0.05, 0) is 24.6 Å². The second-order valence-corrected chi connectivity index (χ2v) is 5.46. The van der Waals surface area contributed by atoms with Crippen LogP contribution in [0, 0.1) is 0 Å². The van der Waals surface area contributed by atoms with Gasteiger partial charge < -0.3 is 20.5 Å². The largest absolute Gasteiger partial charge is 0.493 e. The van der Waals surface area contributed by atoms with Crippen LogP contribution in [-0.4, -0.2) is 32.7 Å². The Morgan fingerprint density at radius 1 is 1.30 bits per heavy atom. The molecule has 0 radical (unpaired) electrons. The molecule has 1 aromatic rings. The zero-order valence-electron chi connectivity index (χ0n) is 12.8. The van der Waals surface area contributed by atoms with Gasteiger partial charge in [0.25, 0.3) is 0 Å². The molecule has 5 nitrogen and oxygen atoms in total. The van der Waals surface area contributed by atoms with Crippen LogP contribution in [0.5, 0.6) is 11.5 Å². The summed E-state index contributed by atoms with van der Waals surface area (Å²) in [5.74, 6) is 1.21. The van der Waals surface area contributed by atoms with E-state index >= 15 is 0 Å². The van der Waals surface area contributed by atoms with Gasteiger partial charge in [-0.25, -0.2) is 0 Å². The van der Waals surface area contributed by atoms with E-state index in [1.807, 2.05) is 18.2 Å². The summed E-state index contributed by atoms with van der Waals surface area (Å²) >= 11 is 0. The number of nitrogens with one attached hydrogen (secondary N) is 1. The van der Waals surface area contributed by atoms with Gasteiger partial charge >= 0.3 is 0 Å². The number of ether oxygens (including phenoxy) is 2. The molecule has 0 fully saturated rings. The van der Waals surface area contributed by atoms with E-state index < -0.39 is 6.04 Å². The monoisotopic (exact) mass is 280 g/mol. The number of hydrogen-bond acceptors (Lipinski definition) is 4. The van der Waals surface area contributed by atoms with Crippen molar-refractivity contribution in [3.63, 3.8) is 0 Å². The highest BCUT2D eigenvalue weighted by Gasteiger charge is 2.23. The predicted octanol–water partition coefficient (Wildman–Crippen LogP) is 1.44. The quantitative estimate of drug-likeness (QED) is 0.827. The van der Waals surface area contributed by atoms with Gasteiger partial charge in [0.2, 0.25) is 5.91 Å². The summed E-state index contributed by atoms with van der Waals surface area (Å²) in [7, 11) is 3.21. The summed E-state index contributed by atoms with van der Waals surface area (Å²) in [6.07, 6.45) is 0. The van der Waals surface area contributed by atoms with Gasteiger partial charge in [-0.2, -0.15) is 0 Å². The molecular weight excluding hydrogens is 256 g/mol. The van der Waals surface area contributed by atoms with E-state index in [-0.39, 0.29) is 11.3 Å². The van der Waals surface area contributed by atoms with E-state index in [1.54, 1.807) is 21.1 Å². The minimum Gasteiger partial charge on any atom is -0.493 e. The summed E-state index contributed by atoms with van der Waals surface area (Å²) in [6.45, 7) is 6.27. The summed E-state index contributed by atoms with van der Waals surface area (Å²) < 4.78 is 10.5. The maximum absolute atomic E-state index is 11.6. The van der Waals surface area contributed by atoms with E-state index in [0.29, 0.717) is 18.0 Å². The Morgan fingerprint density at radius 3 is 2.40 bits per heavy atom. The van der Waals surface area contributed by atoms with Crippen LogP contribution in [0.3, 0.4) is 0 Å². The third kappa shape index (κ3) is 3.87. The van der Waals surface area contributed by atoms with Crippen LogP contribution >= 0.6 is 0 Å². The molecule has 0 aromatic heterocycles. The van der Waals surface area contributed by atoms with Crippen molar-refractivity contribution in [1.82, 2.24) is 5.32 Å². The lowest BCUT2D eigenvalue weighted by molar-refractivity contribution is -0.122. The molecule has 1 amide bonds.